The third kappa shape index (κ3) is 2.79. The van der Waals surface area contributed by atoms with E-state index in [0.29, 0.717) is 11.5 Å². The summed E-state index contributed by atoms with van der Waals surface area (Å²) in [5.74, 6) is 0.357. The normalized spacial score (nSPS) is 12.1. The van der Waals surface area contributed by atoms with Crippen molar-refractivity contribution in [2.24, 2.45) is 0 Å². The molecule has 22 heavy (non-hydrogen) atoms. The highest BCUT2D eigenvalue weighted by Crippen LogP contribution is 2.29. The molecule has 1 amide bonds. The number of ether oxygens (including phenoxy) is 1. The standard InChI is InChI=1S/C17H16N2O3/c1-11-6-5-7-12(10-11)15(22-17(20)18-2)16-19-13-8-3-4-9-14(13)21-16/h3-10,15H,1-2H3,(H,18,20). The number of aromatic nitrogens is 1. The monoisotopic (exact) mass is 296 g/mol. The topological polar surface area (TPSA) is 64.4 Å². The molecule has 112 valence electrons. The fourth-order valence-corrected chi connectivity index (χ4v) is 2.26. The van der Waals surface area contributed by atoms with E-state index in [1.54, 1.807) is 0 Å². The SMILES string of the molecule is CNC(=O)OC(c1cccc(C)c1)c1nc2ccccc2o1. The number of carbonyl (C=O) groups excluding carboxylic acids is 1. The van der Waals surface area contributed by atoms with E-state index in [9.17, 15) is 4.79 Å². The molecule has 0 spiro atoms. The molecular formula is C17H16N2O3. The summed E-state index contributed by atoms with van der Waals surface area (Å²) in [7, 11) is 1.52. The van der Waals surface area contributed by atoms with Crippen molar-refractivity contribution in [3.8, 4) is 0 Å². The van der Waals surface area contributed by atoms with Gasteiger partial charge in [0.2, 0.25) is 12.0 Å². The molecule has 0 saturated carbocycles. The van der Waals surface area contributed by atoms with E-state index in [1.807, 2.05) is 55.5 Å². The molecule has 1 N–H and O–H groups in total. The van der Waals surface area contributed by atoms with Gasteiger partial charge in [0, 0.05) is 12.6 Å². The Hall–Kier alpha value is -2.82. The number of fused-ring (bicyclic) bond motifs is 1. The van der Waals surface area contributed by atoms with Crippen LogP contribution < -0.4 is 5.32 Å². The number of hydrogen-bond donors (Lipinski definition) is 1. The van der Waals surface area contributed by atoms with Crippen molar-refractivity contribution in [2.75, 3.05) is 7.05 Å². The summed E-state index contributed by atoms with van der Waals surface area (Å²) in [5.41, 5.74) is 3.28. The van der Waals surface area contributed by atoms with Crippen molar-refractivity contribution in [3.05, 3.63) is 65.5 Å². The Balaban J connectivity index is 2.05. The number of aryl methyl sites for hydroxylation is 1. The fraction of sp³-hybridized carbons (Fsp3) is 0.176. The maximum absolute atomic E-state index is 11.7. The number of oxazole rings is 1. The minimum Gasteiger partial charge on any atom is -0.436 e. The summed E-state index contributed by atoms with van der Waals surface area (Å²) in [6, 6.07) is 15.2. The number of rotatable bonds is 3. The van der Waals surface area contributed by atoms with Crippen LogP contribution in [0.15, 0.2) is 52.9 Å². The molecule has 5 heteroatoms. The zero-order valence-corrected chi connectivity index (χ0v) is 12.4. The first kappa shape index (κ1) is 14.1. The van der Waals surface area contributed by atoms with Gasteiger partial charge in [0.1, 0.15) is 5.52 Å². The Kier molecular flexibility index (Phi) is 3.78. The minimum absolute atomic E-state index is 0.357. The van der Waals surface area contributed by atoms with Crippen LogP contribution in [0, 0.1) is 6.92 Å². The Morgan fingerprint density at radius 1 is 1.23 bits per heavy atom. The lowest BCUT2D eigenvalue weighted by molar-refractivity contribution is 0.105. The maximum atomic E-state index is 11.7. The first-order valence-electron chi connectivity index (χ1n) is 6.98. The van der Waals surface area contributed by atoms with Crippen LogP contribution in [0.5, 0.6) is 0 Å². The molecule has 1 unspecified atom stereocenters. The molecule has 0 aliphatic rings. The molecule has 3 aromatic rings. The Morgan fingerprint density at radius 2 is 2.05 bits per heavy atom. The highest BCUT2D eigenvalue weighted by atomic mass is 16.6. The van der Waals surface area contributed by atoms with Crippen molar-refractivity contribution < 1.29 is 13.9 Å². The van der Waals surface area contributed by atoms with Crippen molar-refractivity contribution >= 4 is 17.2 Å². The van der Waals surface area contributed by atoms with Crippen LogP contribution in [0.2, 0.25) is 0 Å². The number of nitrogens with zero attached hydrogens (tertiary/aromatic N) is 1. The molecule has 0 bridgehead atoms. The number of benzene rings is 2. The average molecular weight is 296 g/mol. The van der Waals surface area contributed by atoms with Gasteiger partial charge in [-0.3, -0.25) is 0 Å². The zero-order valence-electron chi connectivity index (χ0n) is 12.4. The van der Waals surface area contributed by atoms with Crippen LogP contribution in [-0.2, 0) is 4.74 Å². The highest BCUT2D eigenvalue weighted by Gasteiger charge is 2.24. The largest absolute Gasteiger partial charge is 0.436 e. The molecule has 0 aliphatic heterocycles. The van der Waals surface area contributed by atoms with Gasteiger partial charge in [-0.1, -0.05) is 42.0 Å². The lowest BCUT2D eigenvalue weighted by Gasteiger charge is -2.15. The van der Waals surface area contributed by atoms with Crippen molar-refractivity contribution in [1.29, 1.82) is 0 Å². The predicted molar refractivity (Wildman–Crippen MR) is 82.6 cm³/mol. The predicted octanol–water partition coefficient (Wildman–Crippen LogP) is 3.58. The lowest BCUT2D eigenvalue weighted by Crippen LogP contribution is -2.22. The molecule has 5 nitrogen and oxygen atoms in total. The number of nitrogens with one attached hydrogen (secondary N) is 1. The molecule has 0 radical (unpaired) electrons. The molecule has 0 aliphatic carbocycles. The Bertz CT molecular complexity index is 777. The summed E-state index contributed by atoms with van der Waals surface area (Å²) in [5, 5.41) is 2.45. The molecule has 3 rings (SSSR count). The molecule has 1 atom stereocenters. The highest BCUT2D eigenvalue weighted by molar-refractivity contribution is 5.72. The first-order chi connectivity index (χ1) is 10.7. The van der Waals surface area contributed by atoms with E-state index in [-0.39, 0.29) is 0 Å². The quantitative estimate of drug-likeness (QED) is 0.802. The number of hydrogen-bond acceptors (Lipinski definition) is 4. The third-order valence-corrected chi connectivity index (χ3v) is 3.31. The van der Waals surface area contributed by atoms with E-state index in [0.717, 1.165) is 16.6 Å². The maximum Gasteiger partial charge on any atom is 0.408 e. The van der Waals surface area contributed by atoms with Crippen LogP contribution in [0.3, 0.4) is 0 Å². The van der Waals surface area contributed by atoms with Crippen molar-refractivity contribution in [2.45, 2.75) is 13.0 Å². The number of para-hydroxylation sites is 2. The number of amides is 1. The van der Waals surface area contributed by atoms with Gasteiger partial charge in [-0.2, -0.15) is 0 Å². The number of carbonyl (C=O) groups is 1. The number of alkyl carbamates (subject to hydrolysis) is 1. The van der Waals surface area contributed by atoms with Crippen LogP contribution in [0.4, 0.5) is 4.79 Å². The van der Waals surface area contributed by atoms with Gasteiger partial charge in [-0.05, 0) is 19.1 Å². The van der Waals surface area contributed by atoms with Crippen LogP contribution >= 0.6 is 0 Å². The molecule has 1 heterocycles. The first-order valence-corrected chi connectivity index (χ1v) is 6.98. The van der Waals surface area contributed by atoms with Crippen molar-refractivity contribution in [3.63, 3.8) is 0 Å². The van der Waals surface area contributed by atoms with E-state index in [2.05, 4.69) is 10.3 Å². The van der Waals surface area contributed by atoms with Gasteiger partial charge in [-0.25, -0.2) is 9.78 Å². The smallest absolute Gasteiger partial charge is 0.408 e. The summed E-state index contributed by atoms with van der Waals surface area (Å²) in [6.07, 6.45) is -1.22. The van der Waals surface area contributed by atoms with E-state index in [1.165, 1.54) is 7.05 Å². The second-order valence-electron chi connectivity index (χ2n) is 4.97. The van der Waals surface area contributed by atoms with Crippen LogP contribution in [0.25, 0.3) is 11.1 Å². The fourth-order valence-electron chi connectivity index (χ4n) is 2.26. The average Bonchev–Trinajstić information content (AvgIpc) is 2.95. The third-order valence-electron chi connectivity index (χ3n) is 3.31. The molecule has 1 aromatic heterocycles. The van der Waals surface area contributed by atoms with Gasteiger partial charge in [0.25, 0.3) is 0 Å². The van der Waals surface area contributed by atoms with Gasteiger partial charge in [0.15, 0.2) is 5.58 Å². The van der Waals surface area contributed by atoms with Crippen LogP contribution in [-0.4, -0.2) is 18.1 Å². The van der Waals surface area contributed by atoms with Gasteiger partial charge in [-0.15, -0.1) is 0 Å². The molecule has 0 saturated heterocycles. The second kappa shape index (κ2) is 5.89. The minimum atomic E-state index is -0.688. The summed E-state index contributed by atoms with van der Waals surface area (Å²) < 4.78 is 11.2. The Labute approximate surface area is 127 Å². The van der Waals surface area contributed by atoms with Gasteiger partial charge in [0.05, 0.1) is 0 Å². The second-order valence-corrected chi connectivity index (χ2v) is 4.97. The Morgan fingerprint density at radius 3 is 2.77 bits per heavy atom. The van der Waals surface area contributed by atoms with E-state index in [4.69, 9.17) is 9.15 Å². The summed E-state index contributed by atoms with van der Waals surface area (Å²) in [6.45, 7) is 1.98. The van der Waals surface area contributed by atoms with Gasteiger partial charge >= 0.3 is 6.09 Å². The lowest BCUT2D eigenvalue weighted by atomic mass is 10.1. The molecule has 0 fully saturated rings. The molecular weight excluding hydrogens is 280 g/mol. The van der Waals surface area contributed by atoms with Gasteiger partial charge < -0.3 is 14.5 Å². The van der Waals surface area contributed by atoms with E-state index >= 15 is 0 Å². The summed E-state index contributed by atoms with van der Waals surface area (Å²) in [4.78, 5) is 16.1. The summed E-state index contributed by atoms with van der Waals surface area (Å²) >= 11 is 0. The zero-order chi connectivity index (χ0) is 15.5. The van der Waals surface area contributed by atoms with Crippen molar-refractivity contribution in [1.82, 2.24) is 10.3 Å². The van der Waals surface area contributed by atoms with Crippen LogP contribution in [0.1, 0.15) is 23.1 Å². The van der Waals surface area contributed by atoms with E-state index < -0.39 is 12.2 Å². The molecule has 2 aromatic carbocycles.